The smallest absolute Gasteiger partial charge is 0.417 e. The van der Waals surface area contributed by atoms with Crippen LogP contribution in [0.4, 0.5) is 85.6 Å². The van der Waals surface area contributed by atoms with Gasteiger partial charge in [-0.1, -0.05) is 73.2 Å². The zero-order valence-corrected chi connectivity index (χ0v) is 86.0. The van der Waals surface area contributed by atoms with Crippen LogP contribution in [0.25, 0.3) is 73.5 Å². The third-order valence-corrected chi connectivity index (χ3v) is 27.4. The maximum absolute atomic E-state index is 13.6. The molecule has 0 radical (unpaired) electrons. The zero-order valence-electron chi connectivity index (χ0n) is 81.1. The molecule has 13 aromatic rings. The highest BCUT2D eigenvalue weighted by atomic mass is 32.2. The third kappa shape index (κ3) is 36.0. The number of hydrogen-bond acceptors (Lipinski definition) is 28. The second kappa shape index (κ2) is 50.6. The van der Waals surface area contributed by atoms with Crippen molar-refractivity contribution >= 4 is 157 Å². The number of nitrogens with two attached hydrogens (primary N) is 3. The lowest BCUT2D eigenvalue weighted by Gasteiger charge is -2.22. The summed E-state index contributed by atoms with van der Waals surface area (Å²) in [6, 6.07) is 60.2. The fraction of sp³-hybridized carbons (Fsp3) is 0.250. The average molecular weight is 2090 g/mol. The summed E-state index contributed by atoms with van der Waals surface area (Å²) in [7, 11) is -12.1. The lowest BCUT2D eigenvalue weighted by molar-refractivity contribution is -0.384. The highest BCUT2D eigenvalue weighted by Crippen LogP contribution is 2.42. The third-order valence-electron chi connectivity index (χ3n) is 18.7. The van der Waals surface area contributed by atoms with Crippen molar-refractivity contribution in [1.82, 2.24) is 39.8 Å². The Morgan fingerprint density at radius 1 is 0.421 bits per heavy atom. The first kappa shape index (κ1) is 113. The van der Waals surface area contributed by atoms with Crippen LogP contribution in [0, 0.1) is 10.1 Å². The highest BCUT2D eigenvalue weighted by Gasteiger charge is 2.32. The number of anilines is 8. The molecule has 39 nitrogen and oxygen atoms in total. The number of non-ortho nitro benzene ring substituents is 1. The molecule has 0 aliphatic carbocycles. The van der Waals surface area contributed by atoms with Crippen molar-refractivity contribution in [1.29, 1.82) is 0 Å². The molecular formula is C100H115N21O18S6. The molecular weight excluding hydrogens is 1980 g/mol. The minimum Gasteiger partial charge on any atom is -0.447 e. The fourth-order valence-electron chi connectivity index (χ4n) is 13.0. The first-order valence-corrected chi connectivity index (χ1v) is 51.3. The van der Waals surface area contributed by atoms with Gasteiger partial charge in [-0.3, -0.25) is 31.4 Å². The predicted molar refractivity (Wildman–Crippen MR) is 571 cm³/mol. The molecule has 0 aliphatic heterocycles. The van der Waals surface area contributed by atoms with Crippen LogP contribution in [-0.4, -0.2) is 116 Å². The molecule has 3 heterocycles. The number of hydrogen-bond donors (Lipinski definition) is 14. The molecule has 8 amide bonds. The number of benzene rings is 10. The van der Waals surface area contributed by atoms with Gasteiger partial charge < -0.3 is 57.4 Å². The van der Waals surface area contributed by atoms with Gasteiger partial charge in [0.1, 0.15) is 20.8 Å². The van der Waals surface area contributed by atoms with E-state index in [2.05, 4.69) is 81.7 Å². The summed E-state index contributed by atoms with van der Waals surface area (Å²) >= 11 is 3.88. The SMILES string of the molecule is C.CC(C)OC(=O)Nc1ccc(-c2ncc(-c3ccc(NC(=O)NCc4cccc(N)c4)cc3S(=O)(=O)NC(C)(C)C)s2)cc1.CC(C)OC(=O)Nc1ccc(-c2ncc(-c3ccc(NC(=O)NCc4cccc(N=[N+]=[N-])c4)cc3S(=O)(=O)NC(C)(C)C)s2)cc1.CC(C)OC(=O)Nc1ccc(-c2ncc(-c3ccc(NC(=O)Oc4ccc([N+](=O)[O-])cc4)cc3S(=O)(=O)NC(C)(C)C)s2)cc1.NCc1cccc(N)c1. The number of nitrogens with one attached hydrogen (secondary N) is 11. The number of amides is 8. The monoisotopic (exact) mass is 2090 g/mol. The molecule has 145 heavy (non-hydrogen) atoms. The fourth-order valence-corrected chi connectivity index (χ4v) is 21.1. The molecule has 17 N–H and O–H groups in total. The van der Waals surface area contributed by atoms with Crippen molar-refractivity contribution in [2.45, 2.75) is 181 Å². The van der Waals surface area contributed by atoms with E-state index >= 15 is 0 Å². The summed E-state index contributed by atoms with van der Waals surface area (Å²) in [5.41, 5.74) is 33.1. The summed E-state index contributed by atoms with van der Waals surface area (Å²) in [4.78, 5) is 102. The summed E-state index contributed by atoms with van der Waals surface area (Å²) < 4.78 is 110. The van der Waals surface area contributed by atoms with E-state index in [1.54, 1.807) is 256 Å². The van der Waals surface area contributed by atoms with Crippen LogP contribution in [0.15, 0.2) is 263 Å². The molecule has 0 saturated heterocycles. The van der Waals surface area contributed by atoms with Crippen LogP contribution in [0.5, 0.6) is 5.75 Å². The normalized spacial score (nSPS) is 11.4. The molecule has 0 saturated carbocycles. The van der Waals surface area contributed by atoms with Crippen molar-refractivity contribution in [3.63, 3.8) is 0 Å². The molecule has 0 spiro atoms. The van der Waals surface area contributed by atoms with Crippen molar-refractivity contribution in [3.8, 4) is 68.8 Å². The first-order valence-electron chi connectivity index (χ1n) is 44.4. The second-order valence-corrected chi connectivity index (χ2v) is 43.7. The number of nitro benzene ring substituents is 1. The molecule has 0 atom stereocenters. The van der Waals surface area contributed by atoms with Gasteiger partial charge in [0, 0.05) is 156 Å². The van der Waals surface area contributed by atoms with Crippen molar-refractivity contribution in [2.24, 2.45) is 10.8 Å². The van der Waals surface area contributed by atoms with E-state index in [4.69, 9.17) is 41.7 Å². The van der Waals surface area contributed by atoms with Crippen molar-refractivity contribution in [3.05, 3.63) is 280 Å². The Bertz CT molecular complexity index is 7160. The first-order chi connectivity index (χ1) is 67.8. The number of nitro groups is 1. The number of azide groups is 1. The number of nitrogen functional groups attached to an aromatic ring is 2. The van der Waals surface area contributed by atoms with Gasteiger partial charge in [-0.15, -0.1) is 34.0 Å². The van der Waals surface area contributed by atoms with Crippen LogP contribution in [0.1, 0.15) is 128 Å². The van der Waals surface area contributed by atoms with E-state index in [-0.39, 0.29) is 76.3 Å². The summed E-state index contributed by atoms with van der Waals surface area (Å²) in [5.74, 6) is 0.0634. The summed E-state index contributed by atoms with van der Waals surface area (Å²) in [6.45, 7) is 27.1. The molecule has 10 aromatic carbocycles. The maximum Gasteiger partial charge on any atom is 0.417 e. The number of carbonyl (C=O) groups is 6. The molecule has 0 fully saturated rings. The molecule has 3 aromatic heterocycles. The molecule has 764 valence electrons. The standard InChI is InChI=1S/C31H34N8O5S2.C31H36N6O5S2.C30H31N5O8S2.C7H10N2.CH4/c1-19(2)44-30(41)36-22-11-9-21(10-12-22)28-33-18-26(45-28)25-14-13-23(16-27(25)46(42,43)38-31(3,4)5)35-29(40)34-17-20-7-6-8-24(15-20)37-39-32;1-19(2)42-30(39)36-23-11-9-21(10-12-23)28-33-18-26(43-28)25-14-13-24(16-27(25)44(40,41)37-31(3,4)5)35-29(38)34-17-20-7-6-8-22(32)15-20;1-18(2)42-28(36)32-20-8-6-19(7-9-20)27-31-17-25(44-27)24-15-10-21(16-26(24)45(40,41)34-30(3,4)5)33-29(37)43-23-13-11-22(12-14-23)35(38)39;8-5-6-2-1-3-7(9)4-6;/h6-16,18-19,38H,17H2,1-5H3,(H,36,41)(H2,34,35,40);6-16,18-19,37H,17,32H2,1-5H3,(H,36,39)(H2,34,35,38);6-18,34H,1-5H3,(H,32,36)(H,33,37);1-4H,5,8-9H2;1H4. The second-order valence-electron chi connectivity index (χ2n) is 35.7. The van der Waals surface area contributed by atoms with E-state index in [0.717, 1.165) is 33.5 Å². The minimum absolute atomic E-state index is 0. The Morgan fingerprint density at radius 2 is 0.731 bits per heavy atom. The lowest BCUT2D eigenvalue weighted by atomic mass is 10.1. The van der Waals surface area contributed by atoms with Gasteiger partial charge in [-0.25, -0.2) is 83.1 Å². The minimum atomic E-state index is -4.09. The van der Waals surface area contributed by atoms with Gasteiger partial charge in [0.15, 0.2) is 0 Å². The molecule has 13 rings (SSSR count). The number of aromatic nitrogens is 3. The van der Waals surface area contributed by atoms with Crippen molar-refractivity contribution in [2.75, 3.05) is 43.4 Å². The zero-order chi connectivity index (χ0) is 105. The van der Waals surface area contributed by atoms with Crippen LogP contribution in [0.3, 0.4) is 0 Å². The van der Waals surface area contributed by atoms with Gasteiger partial charge >= 0.3 is 36.4 Å². The quantitative estimate of drug-likeness (QED) is 0.00394. The van der Waals surface area contributed by atoms with E-state index in [1.807, 2.05) is 42.5 Å². The number of sulfonamides is 3. The van der Waals surface area contributed by atoms with Gasteiger partial charge in [0.25, 0.3) is 5.69 Å². The molecule has 0 bridgehead atoms. The number of thiazole rings is 3. The number of urea groups is 2. The Hall–Kier alpha value is -15.3. The number of nitrogens with zero attached hydrogens (tertiary/aromatic N) is 7. The van der Waals surface area contributed by atoms with Gasteiger partial charge in [-0.05, 0) is 278 Å². The largest absolute Gasteiger partial charge is 0.447 e. The average Bonchev–Trinajstić information content (AvgIpc) is 1.33. The Balaban J connectivity index is 0.000000230. The van der Waals surface area contributed by atoms with E-state index in [9.17, 15) is 64.1 Å². The van der Waals surface area contributed by atoms with Crippen LogP contribution >= 0.6 is 34.0 Å². The topological polar surface area (TPSA) is 583 Å². The van der Waals surface area contributed by atoms with Gasteiger partial charge in [0.2, 0.25) is 30.1 Å². The van der Waals surface area contributed by atoms with E-state index in [0.29, 0.717) is 92.6 Å². The lowest BCUT2D eigenvalue weighted by Crippen LogP contribution is -2.40. The molecule has 0 unspecified atom stereocenters. The Labute approximate surface area is 853 Å². The number of ether oxygens (including phenoxy) is 4. The molecule has 45 heteroatoms. The Kier molecular flexibility index (Phi) is 39.5. The van der Waals surface area contributed by atoms with Crippen LogP contribution in [0.2, 0.25) is 0 Å². The van der Waals surface area contributed by atoms with Crippen molar-refractivity contribution < 1.29 is 77.9 Å². The highest BCUT2D eigenvalue weighted by molar-refractivity contribution is 7.90. The maximum atomic E-state index is 13.6. The predicted octanol–water partition coefficient (Wildman–Crippen LogP) is 22.6. The summed E-state index contributed by atoms with van der Waals surface area (Å²) in [5, 5.41) is 37.7. The Morgan fingerprint density at radius 3 is 1.04 bits per heavy atom. The van der Waals surface area contributed by atoms with Gasteiger partial charge in [-0.2, -0.15) is 0 Å². The van der Waals surface area contributed by atoms with E-state index < -0.39 is 88.0 Å². The van der Waals surface area contributed by atoms with E-state index in [1.165, 1.54) is 82.5 Å². The van der Waals surface area contributed by atoms with Gasteiger partial charge in [0.05, 0.1) is 52.6 Å². The molecule has 0 aliphatic rings. The number of rotatable bonds is 29. The summed E-state index contributed by atoms with van der Waals surface area (Å²) in [6.07, 6.45) is 1.46. The number of carbonyl (C=O) groups excluding carboxylic acids is 6. The van der Waals surface area contributed by atoms with Crippen LogP contribution < -0.4 is 78.6 Å². The van der Waals surface area contributed by atoms with Crippen LogP contribution in [-0.2, 0) is 63.9 Å².